The molecule has 3 heterocycles. The van der Waals surface area contributed by atoms with Gasteiger partial charge in [0.1, 0.15) is 17.2 Å². The molecule has 2 N–H and O–H groups in total. The van der Waals surface area contributed by atoms with Crippen molar-refractivity contribution in [1.82, 2.24) is 19.0 Å². The Bertz CT molecular complexity index is 1340. The quantitative estimate of drug-likeness (QED) is 0.566. The van der Waals surface area contributed by atoms with Gasteiger partial charge in [0.25, 0.3) is 0 Å². The minimum atomic E-state index is -4.00. The van der Waals surface area contributed by atoms with Gasteiger partial charge in [-0.25, -0.2) is 18.9 Å². The summed E-state index contributed by atoms with van der Waals surface area (Å²) in [6.45, 7) is 1.95. The molecule has 1 aliphatic rings. The molecule has 0 fully saturated rings. The number of nitrogens with zero attached hydrogens (tertiary/aromatic N) is 2. The first kappa shape index (κ1) is 22.7. The number of halogens is 1. The van der Waals surface area contributed by atoms with Gasteiger partial charge in [-0.15, -0.1) is 0 Å². The second-order valence-corrected chi connectivity index (χ2v) is 8.98. The molecule has 0 radical (unpaired) electrons. The molecule has 0 spiro atoms. The Hall–Kier alpha value is -3.44. The van der Waals surface area contributed by atoms with Crippen molar-refractivity contribution in [3.63, 3.8) is 0 Å². The molecule has 0 saturated carbocycles. The summed E-state index contributed by atoms with van der Waals surface area (Å²) in [6, 6.07) is 8.04. The summed E-state index contributed by atoms with van der Waals surface area (Å²) in [6.07, 6.45) is 2.83. The first-order chi connectivity index (χ1) is 15.8. The van der Waals surface area contributed by atoms with Gasteiger partial charge >= 0.3 is 16.3 Å². The number of aromatic nitrogens is 2. The van der Waals surface area contributed by atoms with Gasteiger partial charge in [-0.1, -0.05) is 6.08 Å². The molecule has 9 nitrogen and oxygen atoms in total. The molecule has 3 aromatic rings. The summed E-state index contributed by atoms with van der Waals surface area (Å²) < 4.78 is 51.8. The number of hydrogen-bond acceptors (Lipinski definition) is 6. The smallest absolute Gasteiger partial charge is 0.421 e. The largest absolute Gasteiger partial charge is 0.496 e. The normalized spacial score (nSPS) is 14.7. The highest BCUT2D eigenvalue weighted by Crippen LogP contribution is 2.36. The summed E-state index contributed by atoms with van der Waals surface area (Å²) in [4.78, 5) is 19.1. The van der Waals surface area contributed by atoms with Crippen LogP contribution in [0.25, 0.3) is 27.7 Å². The van der Waals surface area contributed by atoms with Crippen LogP contribution in [0.3, 0.4) is 0 Å². The van der Waals surface area contributed by atoms with Crippen LogP contribution in [0.2, 0.25) is 0 Å². The minimum Gasteiger partial charge on any atom is -0.496 e. The van der Waals surface area contributed by atoms with E-state index >= 15 is 0 Å². The molecule has 33 heavy (non-hydrogen) atoms. The number of carbonyl (C=O) groups is 1. The van der Waals surface area contributed by atoms with Crippen molar-refractivity contribution in [1.29, 1.82) is 0 Å². The molecule has 174 valence electrons. The fraction of sp³-hybridized carbons (Fsp3) is 0.273. The lowest BCUT2D eigenvalue weighted by Crippen LogP contribution is -2.45. The average Bonchev–Trinajstić information content (AvgIpc) is 3.23. The number of ether oxygens (including phenoxy) is 2. The lowest BCUT2D eigenvalue weighted by Gasteiger charge is -2.25. The van der Waals surface area contributed by atoms with Crippen molar-refractivity contribution in [3.8, 4) is 16.9 Å². The lowest BCUT2D eigenvalue weighted by molar-refractivity contribution is 0.158. The molecular weight excluding hydrogens is 451 g/mol. The van der Waals surface area contributed by atoms with Crippen molar-refractivity contribution in [2.75, 3.05) is 26.8 Å². The monoisotopic (exact) mass is 474 g/mol. The Morgan fingerprint density at radius 3 is 2.79 bits per heavy atom. The molecule has 11 heteroatoms. The maximum atomic E-state index is 13.9. The number of rotatable bonds is 6. The third-order valence-electron chi connectivity index (χ3n) is 5.33. The molecule has 1 amide bonds. The van der Waals surface area contributed by atoms with Gasteiger partial charge < -0.3 is 14.5 Å². The summed E-state index contributed by atoms with van der Waals surface area (Å²) in [5.41, 5.74) is 3.69. The average molecular weight is 475 g/mol. The van der Waals surface area contributed by atoms with E-state index in [0.29, 0.717) is 23.4 Å². The Kier molecular flexibility index (Phi) is 6.34. The van der Waals surface area contributed by atoms with Gasteiger partial charge in [-0.2, -0.15) is 12.7 Å². The summed E-state index contributed by atoms with van der Waals surface area (Å²) in [5.74, 6) is 0.165. The number of aromatic amines is 1. The molecule has 4 rings (SSSR count). The highest BCUT2D eigenvalue weighted by Gasteiger charge is 2.27. The van der Waals surface area contributed by atoms with E-state index in [9.17, 15) is 17.6 Å². The molecule has 0 atom stereocenters. The molecule has 2 aromatic heterocycles. The second-order valence-electron chi connectivity index (χ2n) is 7.31. The van der Waals surface area contributed by atoms with Gasteiger partial charge in [-0.3, -0.25) is 0 Å². The molecule has 0 unspecified atom stereocenters. The van der Waals surface area contributed by atoms with Crippen LogP contribution in [-0.2, 0) is 14.9 Å². The second kappa shape index (κ2) is 9.20. The van der Waals surface area contributed by atoms with Crippen molar-refractivity contribution in [3.05, 3.63) is 54.1 Å². The topological polar surface area (TPSA) is 114 Å². The number of methoxy groups -OCH3 is 1. The molecule has 0 aliphatic carbocycles. The van der Waals surface area contributed by atoms with Gasteiger partial charge in [0.2, 0.25) is 0 Å². The van der Waals surface area contributed by atoms with Gasteiger partial charge in [0.05, 0.1) is 13.7 Å². The number of pyridine rings is 1. The highest BCUT2D eigenvalue weighted by molar-refractivity contribution is 7.87. The SMILES string of the molecule is CCOC(=O)NS(=O)(=O)N1CC=C(c2cc3c(-c4cc(F)ccc4OC)ccnc3[nH]2)CC1. The number of H-pyrrole nitrogens is 1. The minimum absolute atomic E-state index is 0.0727. The summed E-state index contributed by atoms with van der Waals surface area (Å²) in [7, 11) is -2.47. The van der Waals surface area contributed by atoms with E-state index in [1.165, 1.54) is 19.2 Å². The standard InChI is InChI=1S/C22H23FN4O5S/c1-3-32-22(28)26-33(29,30)27-10-7-14(8-11-27)19-13-18-16(6-9-24-21(18)25-19)17-12-15(23)4-5-20(17)31-2/h4-7,9,12-13H,3,8,10-11H2,1-2H3,(H,24,25)(H,26,28). The van der Waals surface area contributed by atoms with E-state index in [2.05, 4.69) is 14.7 Å². The van der Waals surface area contributed by atoms with Crippen molar-refractivity contribution in [2.45, 2.75) is 13.3 Å². The molecular formula is C22H23FN4O5S. The third kappa shape index (κ3) is 4.69. The highest BCUT2D eigenvalue weighted by atomic mass is 32.2. The number of nitrogens with one attached hydrogen (secondary N) is 2. The van der Waals surface area contributed by atoms with Crippen molar-refractivity contribution < 1.29 is 27.1 Å². The zero-order valence-corrected chi connectivity index (χ0v) is 18.9. The van der Waals surface area contributed by atoms with Crippen LogP contribution in [0.4, 0.5) is 9.18 Å². The van der Waals surface area contributed by atoms with Crippen molar-refractivity contribution >= 4 is 32.9 Å². The summed E-state index contributed by atoms with van der Waals surface area (Å²) in [5, 5.41) is 0.788. The first-order valence-electron chi connectivity index (χ1n) is 10.3. The van der Waals surface area contributed by atoms with Crippen LogP contribution in [0.15, 0.2) is 42.6 Å². The zero-order valence-electron chi connectivity index (χ0n) is 18.1. The van der Waals surface area contributed by atoms with Crippen LogP contribution >= 0.6 is 0 Å². The van der Waals surface area contributed by atoms with E-state index < -0.39 is 16.3 Å². The molecule has 1 aromatic carbocycles. The number of amides is 1. The van der Waals surface area contributed by atoms with Gasteiger partial charge in [0.15, 0.2) is 0 Å². The Labute approximate surface area is 190 Å². The Morgan fingerprint density at radius 1 is 1.27 bits per heavy atom. The van der Waals surface area contributed by atoms with Crippen LogP contribution in [0.1, 0.15) is 19.0 Å². The van der Waals surface area contributed by atoms with Gasteiger partial charge in [-0.05, 0) is 54.8 Å². The number of benzene rings is 1. The zero-order chi connectivity index (χ0) is 23.6. The lowest BCUT2D eigenvalue weighted by atomic mass is 10.0. The predicted octanol–water partition coefficient (Wildman–Crippen LogP) is 3.46. The maximum absolute atomic E-state index is 13.9. The third-order valence-corrected chi connectivity index (χ3v) is 6.77. The Balaban J connectivity index is 1.62. The van der Waals surface area contributed by atoms with E-state index in [0.717, 1.165) is 26.5 Å². The predicted molar refractivity (Wildman–Crippen MR) is 121 cm³/mol. The van der Waals surface area contributed by atoms with Gasteiger partial charge in [0, 0.05) is 35.9 Å². The number of fused-ring (bicyclic) bond motifs is 1. The number of carbonyl (C=O) groups excluding carboxylic acids is 1. The number of hydrogen-bond donors (Lipinski definition) is 2. The fourth-order valence-electron chi connectivity index (χ4n) is 3.77. The van der Waals surface area contributed by atoms with E-state index in [4.69, 9.17) is 4.74 Å². The maximum Gasteiger partial charge on any atom is 0.421 e. The first-order valence-corrected chi connectivity index (χ1v) is 11.7. The van der Waals surface area contributed by atoms with Crippen LogP contribution in [0, 0.1) is 5.82 Å². The molecule has 1 aliphatic heterocycles. The fourth-order valence-corrected chi connectivity index (χ4v) is 4.77. The summed E-state index contributed by atoms with van der Waals surface area (Å²) >= 11 is 0. The molecule has 0 saturated heterocycles. The van der Waals surface area contributed by atoms with Crippen LogP contribution < -0.4 is 9.46 Å². The van der Waals surface area contributed by atoms with Crippen LogP contribution in [0.5, 0.6) is 5.75 Å². The van der Waals surface area contributed by atoms with E-state index in [1.54, 1.807) is 31.3 Å². The van der Waals surface area contributed by atoms with Crippen molar-refractivity contribution in [2.24, 2.45) is 0 Å². The Morgan fingerprint density at radius 2 is 2.09 bits per heavy atom. The molecule has 0 bridgehead atoms. The van der Waals surface area contributed by atoms with Crippen LogP contribution in [-0.4, -0.2) is 55.6 Å². The van der Waals surface area contributed by atoms with E-state index in [1.807, 2.05) is 10.8 Å². The van der Waals surface area contributed by atoms with E-state index in [-0.39, 0.29) is 25.5 Å².